The molecule has 1 atom stereocenters. The molecule has 110 valence electrons. The highest BCUT2D eigenvalue weighted by Crippen LogP contribution is 2.24. The van der Waals surface area contributed by atoms with Gasteiger partial charge in [0.2, 0.25) is 0 Å². The monoisotopic (exact) mass is 300 g/mol. The molecule has 7 nitrogen and oxygen atoms in total. The number of nitro benzene ring substituents is 1. The van der Waals surface area contributed by atoms with Crippen molar-refractivity contribution in [3.8, 4) is 5.75 Å². The molecule has 1 saturated heterocycles. The van der Waals surface area contributed by atoms with E-state index in [9.17, 15) is 18.5 Å². The molecule has 1 fully saturated rings. The second kappa shape index (κ2) is 5.76. The lowest BCUT2D eigenvalue weighted by atomic mass is 10.1. The minimum Gasteiger partial charge on any atom is -0.371 e. The normalized spacial score (nSPS) is 20.6. The van der Waals surface area contributed by atoms with Crippen LogP contribution >= 0.6 is 0 Å². The second-order valence-electron chi connectivity index (χ2n) is 4.75. The van der Waals surface area contributed by atoms with E-state index in [1.165, 1.54) is 28.6 Å². The van der Waals surface area contributed by atoms with Crippen LogP contribution < -0.4 is 4.18 Å². The molecule has 20 heavy (non-hydrogen) atoms. The average molecular weight is 300 g/mol. The lowest BCUT2D eigenvalue weighted by Crippen LogP contribution is -2.44. The Hall–Kier alpha value is -1.67. The molecule has 0 amide bonds. The van der Waals surface area contributed by atoms with Gasteiger partial charge in [-0.05, 0) is 31.9 Å². The van der Waals surface area contributed by atoms with Gasteiger partial charge >= 0.3 is 10.3 Å². The van der Waals surface area contributed by atoms with Crippen molar-refractivity contribution in [2.45, 2.75) is 32.2 Å². The summed E-state index contributed by atoms with van der Waals surface area (Å²) in [5, 5.41) is 10.5. The second-order valence-corrected chi connectivity index (χ2v) is 6.24. The summed E-state index contributed by atoms with van der Waals surface area (Å²) < 4.78 is 30.7. The Kier molecular flexibility index (Phi) is 4.24. The fourth-order valence-corrected chi connectivity index (χ4v) is 3.55. The van der Waals surface area contributed by atoms with Gasteiger partial charge in [0.25, 0.3) is 5.69 Å². The molecule has 0 bridgehead atoms. The zero-order chi connectivity index (χ0) is 14.8. The lowest BCUT2D eigenvalue weighted by molar-refractivity contribution is -0.384. The molecule has 1 unspecified atom stereocenters. The molecule has 8 heteroatoms. The molecule has 0 aromatic heterocycles. The molecule has 0 N–H and O–H groups in total. The van der Waals surface area contributed by atoms with Crippen LogP contribution in [0.1, 0.15) is 26.2 Å². The highest BCUT2D eigenvalue weighted by Gasteiger charge is 2.31. The standard InChI is InChI=1S/C12H16N2O5S/c1-10-4-2-3-9-13(10)20(17,18)19-12-7-5-11(6-8-12)14(15)16/h5-8,10H,2-4,9H2,1H3. The number of hydrogen-bond donors (Lipinski definition) is 0. The fraction of sp³-hybridized carbons (Fsp3) is 0.500. The largest absolute Gasteiger partial charge is 0.385 e. The first kappa shape index (κ1) is 14.7. The van der Waals surface area contributed by atoms with Crippen LogP contribution in [0.5, 0.6) is 5.75 Å². The molecule has 1 aromatic carbocycles. The van der Waals surface area contributed by atoms with Gasteiger partial charge < -0.3 is 4.18 Å². The summed E-state index contributed by atoms with van der Waals surface area (Å²) in [5.41, 5.74) is -0.110. The third-order valence-corrected chi connectivity index (χ3v) is 4.80. The summed E-state index contributed by atoms with van der Waals surface area (Å²) in [4.78, 5) is 9.98. The number of piperidine rings is 1. The van der Waals surface area contributed by atoms with Crippen molar-refractivity contribution in [2.75, 3.05) is 6.54 Å². The van der Waals surface area contributed by atoms with Gasteiger partial charge in [-0.25, -0.2) is 0 Å². The molecule has 0 spiro atoms. The Morgan fingerprint density at radius 1 is 1.30 bits per heavy atom. The van der Waals surface area contributed by atoms with E-state index < -0.39 is 15.2 Å². The summed E-state index contributed by atoms with van der Waals surface area (Å²) in [5.74, 6) is 0.0772. The zero-order valence-corrected chi connectivity index (χ0v) is 11.9. The smallest absolute Gasteiger partial charge is 0.371 e. The van der Waals surface area contributed by atoms with Gasteiger partial charge in [0, 0.05) is 24.7 Å². The molecule has 2 rings (SSSR count). The summed E-state index contributed by atoms with van der Waals surface area (Å²) in [6.07, 6.45) is 2.63. The predicted octanol–water partition coefficient (Wildman–Crippen LogP) is 2.09. The Bertz CT molecular complexity index is 584. The van der Waals surface area contributed by atoms with Gasteiger partial charge in [0.05, 0.1) is 4.92 Å². The van der Waals surface area contributed by atoms with Crippen molar-refractivity contribution in [2.24, 2.45) is 0 Å². The summed E-state index contributed by atoms with van der Waals surface area (Å²) in [6.45, 7) is 2.28. The Morgan fingerprint density at radius 3 is 2.50 bits per heavy atom. The number of hydrogen-bond acceptors (Lipinski definition) is 5. The Balaban J connectivity index is 2.13. The SMILES string of the molecule is CC1CCCCN1S(=O)(=O)Oc1ccc([N+](=O)[O-])cc1. The van der Waals surface area contributed by atoms with Crippen molar-refractivity contribution < 1.29 is 17.5 Å². The molecule has 1 aromatic rings. The van der Waals surface area contributed by atoms with Gasteiger partial charge in [0.1, 0.15) is 5.75 Å². The molecule has 1 heterocycles. The Labute approximate surface area is 117 Å². The van der Waals surface area contributed by atoms with E-state index in [1.807, 2.05) is 6.92 Å². The molecule has 0 radical (unpaired) electrons. The summed E-state index contributed by atoms with van der Waals surface area (Å²) in [7, 11) is -3.86. The quantitative estimate of drug-likeness (QED) is 0.627. The maximum Gasteiger partial charge on any atom is 0.385 e. The maximum absolute atomic E-state index is 12.2. The lowest BCUT2D eigenvalue weighted by Gasteiger charge is -2.31. The van der Waals surface area contributed by atoms with Gasteiger partial charge in [-0.3, -0.25) is 10.1 Å². The van der Waals surface area contributed by atoms with Crippen LogP contribution in [-0.2, 0) is 10.3 Å². The molecular formula is C12H16N2O5S. The number of non-ortho nitro benzene ring substituents is 1. The highest BCUT2D eigenvalue weighted by molar-refractivity contribution is 7.84. The number of benzene rings is 1. The van der Waals surface area contributed by atoms with Crippen LogP contribution in [0.4, 0.5) is 5.69 Å². The van der Waals surface area contributed by atoms with Gasteiger partial charge in [-0.15, -0.1) is 0 Å². The first-order valence-electron chi connectivity index (χ1n) is 6.36. The van der Waals surface area contributed by atoms with Crippen molar-refractivity contribution in [3.63, 3.8) is 0 Å². The minimum atomic E-state index is -3.86. The van der Waals surface area contributed by atoms with Crippen LogP contribution in [-0.4, -0.2) is 30.2 Å². The Morgan fingerprint density at radius 2 is 1.95 bits per heavy atom. The first-order valence-corrected chi connectivity index (χ1v) is 7.72. The zero-order valence-electron chi connectivity index (χ0n) is 11.1. The van der Waals surface area contributed by atoms with E-state index in [-0.39, 0.29) is 17.5 Å². The van der Waals surface area contributed by atoms with Crippen LogP contribution in [0.3, 0.4) is 0 Å². The van der Waals surface area contributed by atoms with Crippen LogP contribution in [0.25, 0.3) is 0 Å². The third-order valence-electron chi connectivity index (χ3n) is 3.28. The van der Waals surface area contributed by atoms with Crippen molar-refractivity contribution in [3.05, 3.63) is 34.4 Å². The van der Waals surface area contributed by atoms with Gasteiger partial charge in [-0.2, -0.15) is 12.7 Å². The number of nitro groups is 1. The summed E-state index contributed by atoms with van der Waals surface area (Å²) in [6, 6.07) is 4.90. The topological polar surface area (TPSA) is 89.8 Å². The minimum absolute atomic E-state index is 0.0772. The first-order chi connectivity index (χ1) is 9.40. The molecule has 0 saturated carbocycles. The van der Waals surface area contributed by atoms with E-state index in [0.717, 1.165) is 19.3 Å². The van der Waals surface area contributed by atoms with Crippen molar-refractivity contribution in [1.82, 2.24) is 4.31 Å². The molecular weight excluding hydrogens is 284 g/mol. The van der Waals surface area contributed by atoms with Gasteiger partial charge in [-0.1, -0.05) is 6.42 Å². The van der Waals surface area contributed by atoms with E-state index in [0.29, 0.717) is 6.54 Å². The van der Waals surface area contributed by atoms with Crippen molar-refractivity contribution >= 4 is 16.0 Å². The number of rotatable bonds is 4. The van der Waals surface area contributed by atoms with Crippen LogP contribution in [0, 0.1) is 10.1 Å². The van der Waals surface area contributed by atoms with E-state index in [1.54, 1.807) is 0 Å². The van der Waals surface area contributed by atoms with E-state index in [4.69, 9.17) is 4.18 Å². The maximum atomic E-state index is 12.2. The average Bonchev–Trinajstić information content (AvgIpc) is 2.39. The fourth-order valence-electron chi connectivity index (χ4n) is 2.20. The third kappa shape index (κ3) is 3.26. The van der Waals surface area contributed by atoms with Crippen LogP contribution in [0.15, 0.2) is 24.3 Å². The number of nitrogens with zero attached hydrogens (tertiary/aromatic N) is 2. The van der Waals surface area contributed by atoms with Gasteiger partial charge in [0.15, 0.2) is 0 Å². The predicted molar refractivity (Wildman–Crippen MR) is 72.7 cm³/mol. The van der Waals surface area contributed by atoms with E-state index in [2.05, 4.69) is 0 Å². The van der Waals surface area contributed by atoms with E-state index >= 15 is 0 Å². The summed E-state index contributed by atoms with van der Waals surface area (Å²) >= 11 is 0. The molecule has 1 aliphatic heterocycles. The molecule has 1 aliphatic rings. The van der Waals surface area contributed by atoms with Crippen LogP contribution in [0.2, 0.25) is 0 Å². The van der Waals surface area contributed by atoms with Crippen molar-refractivity contribution in [1.29, 1.82) is 0 Å². The molecule has 0 aliphatic carbocycles. The highest BCUT2D eigenvalue weighted by atomic mass is 32.2.